The second kappa shape index (κ2) is 8.14. The van der Waals surface area contributed by atoms with Gasteiger partial charge in [0, 0.05) is 11.9 Å². The van der Waals surface area contributed by atoms with E-state index < -0.39 is 5.60 Å². The fraction of sp³-hybridized carbons (Fsp3) is 0.308. The monoisotopic (exact) mass is 449 g/mol. The number of anilines is 3. The zero-order valence-corrected chi connectivity index (χ0v) is 19.8. The lowest BCUT2D eigenvalue weighted by Gasteiger charge is -2.41. The molecule has 1 aliphatic rings. The van der Waals surface area contributed by atoms with E-state index in [-0.39, 0.29) is 11.3 Å². The highest BCUT2D eigenvalue weighted by molar-refractivity contribution is 6.33. The highest BCUT2D eigenvalue weighted by atomic mass is 35.5. The molecule has 166 valence electrons. The lowest BCUT2D eigenvalue weighted by molar-refractivity contribution is 0.0962. The van der Waals surface area contributed by atoms with Crippen molar-refractivity contribution in [2.45, 2.75) is 45.6 Å². The number of halogens is 1. The van der Waals surface area contributed by atoms with Crippen molar-refractivity contribution >= 4 is 34.7 Å². The lowest BCUT2D eigenvalue weighted by Crippen LogP contribution is -2.45. The number of carbonyl (C=O) groups excluding carboxylic acids is 1. The first-order chi connectivity index (χ1) is 15.0. The van der Waals surface area contributed by atoms with Gasteiger partial charge in [-0.2, -0.15) is 0 Å². The van der Waals surface area contributed by atoms with Crippen molar-refractivity contribution in [3.63, 3.8) is 0 Å². The molecule has 1 amide bonds. The molecule has 2 aromatic carbocycles. The maximum absolute atomic E-state index is 13.2. The Kier molecular flexibility index (Phi) is 5.63. The summed E-state index contributed by atoms with van der Waals surface area (Å²) in [4.78, 5) is 19.7. The van der Waals surface area contributed by atoms with Crippen molar-refractivity contribution in [3.8, 4) is 5.75 Å². The second-order valence-corrected chi connectivity index (χ2v) is 10.1. The molecule has 0 fully saturated rings. The van der Waals surface area contributed by atoms with Gasteiger partial charge in [-0.25, -0.2) is 4.98 Å². The molecule has 1 aliphatic heterocycles. The Morgan fingerprint density at radius 3 is 2.47 bits per heavy atom. The number of nitrogens with zero attached hydrogens (tertiary/aromatic N) is 2. The molecule has 0 spiro atoms. The van der Waals surface area contributed by atoms with Gasteiger partial charge in [-0.05, 0) is 61.2 Å². The molecule has 4 rings (SSSR count). The van der Waals surface area contributed by atoms with Gasteiger partial charge in [-0.3, -0.25) is 4.79 Å². The highest BCUT2D eigenvalue weighted by Gasteiger charge is 2.36. The molecule has 0 saturated heterocycles. The maximum atomic E-state index is 13.2. The first-order valence-corrected chi connectivity index (χ1v) is 11.0. The number of fused-ring (bicyclic) bond motifs is 1. The SMILES string of the molecule is CC1(C)CN(c2ncccc2Cl)c2cccc(C(=O)Nc3ccc(C(C)(C)C)cc3)c2O1. The van der Waals surface area contributed by atoms with Gasteiger partial charge in [-0.1, -0.05) is 50.6 Å². The Morgan fingerprint density at radius 2 is 1.81 bits per heavy atom. The zero-order valence-electron chi connectivity index (χ0n) is 19.1. The lowest BCUT2D eigenvalue weighted by atomic mass is 9.87. The number of pyridine rings is 1. The van der Waals surface area contributed by atoms with Crippen molar-refractivity contribution < 1.29 is 9.53 Å². The number of amides is 1. The van der Waals surface area contributed by atoms with E-state index in [9.17, 15) is 4.79 Å². The smallest absolute Gasteiger partial charge is 0.259 e. The summed E-state index contributed by atoms with van der Waals surface area (Å²) < 4.78 is 6.29. The number of carbonyl (C=O) groups is 1. The van der Waals surface area contributed by atoms with Crippen molar-refractivity contribution in [2.75, 3.05) is 16.8 Å². The van der Waals surface area contributed by atoms with E-state index >= 15 is 0 Å². The normalized spacial score (nSPS) is 15.0. The van der Waals surface area contributed by atoms with E-state index in [2.05, 4.69) is 31.1 Å². The largest absolute Gasteiger partial charge is 0.483 e. The molecule has 32 heavy (non-hydrogen) atoms. The van der Waals surface area contributed by atoms with Gasteiger partial charge in [0.2, 0.25) is 0 Å². The average Bonchev–Trinajstić information content (AvgIpc) is 2.72. The van der Waals surface area contributed by atoms with Crippen LogP contribution in [0, 0.1) is 0 Å². The number of para-hydroxylation sites is 1. The van der Waals surface area contributed by atoms with Crippen LogP contribution >= 0.6 is 11.6 Å². The molecule has 1 aromatic heterocycles. The standard InChI is InChI=1S/C26H28ClN3O2/c1-25(2,3)17-11-13-18(14-12-17)29-24(31)19-8-6-10-21-22(19)32-26(4,5)16-30(21)23-20(27)9-7-15-28-23/h6-15H,16H2,1-5H3,(H,29,31). The van der Waals surface area contributed by atoms with Crippen LogP contribution in [0.2, 0.25) is 5.02 Å². The van der Waals surface area contributed by atoms with E-state index in [1.165, 1.54) is 5.56 Å². The van der Waals surface area contributed by atoms with Gasteiger partial charge in [0.25, 0.3) is 5.91 Å². The van der Waals surface area contributed by atoms with Crippen LogP contribution < -0.4 is 15.0 Å². The Labute approximate surface area is 194 Å². The van der Waals surface area contributed by atoms with Crippen LogP contribution in [-0.2, 0) is 5.41 Å². The molecular weight excluding hydrogens is 422 g/mol. The summed E-state index contributed by atoms with van der Waals surface area (Å²) in [6.45, 7) is 11.0. The number of hydrogen-bond donors (Lipinski definition) is 1. The van der Waals surface area contributed by atoms with Crippen LogP contribution in [0.1, 0.15) is 50.5 Å². The van der Waals surface area contributed by atoms with Gasteiger partial charge in [-0.15, -0.1) is 0 Å². The van der Waals surface area contributed by atoms with Crippen LogP contribution in [0.3, 0.4) is 0 Å². The van der Waals surface area contributed by atoms with Crippen LogP contribution in [0.15, 0.2) is 60.8 Å². The number of ether oxygens (including phenoxy) is 1. The summed E-state index contributed by atoms with van der Waals surface area (Å²) >= 11 is 6.45. The Morgan fingerprint density at radius 1 is 1.09 bits per heavy atom. The quantitative estimate of drug-likeness (QED) is 0.489. The molecule has 2 heterocycles. The summed E-state index contributed by atoms with van der Waals surface area (Å²) in [6.07, 6.45) is 1.71. The van der Waals surface area contributed by atoms with Gasteiger partial charge >= 0.3 is 0 Å². The number of aromatic nitrogens is 1. The third-order valence-corrected chi connectivity index (χ3v) is 5.75. The minimum Gasteiger partial charge on any atom is -0.483 e. The summed E-state index contributed by atoms with van der Waals surface area (Å²) in [6, 6.07) is 17.1. The van der Waals surface area contributed by atoms with E-state index in [1.807, 2.05) is 61.2 Å². The van der Waals surface area contributed by atoms with E-state index in [1.54, 1.807) is 18.3 Å². The number of rotatable bonds is 3. The minimum atomic E-state index is -0.543. The molecule has 0 bridgehead atoms. The van der Waals surface area contributed by atoms with Crippen molar-refractivity contribution in [2.24, 2.45) is 0 Å². The van der Waals surface area contributed by atoms with Crippen LogP contribution in [-0.4, -0.2) is 23.0 Å². The topological polar surface area (TPSA) is 54.5 Å². The Hall–Kier alpha value is -3.05. The third-order valence-electron chi connectivity index (χ3n) is 5.45. The zero-order chi connectivity index (χ0) is 23.1. The van der Waals surface area contributed by atoms with E-state index in [0.717, 1.165) is 11.4 Å². The van der Waals surface area contributed by atoms with Crippen molar-refractivity contribution in [1.82, 2.24) is 4.98 Å². The predicted octanol–water partition coefficient (Wildman–Crippen LogP) is 6.59. The highest BCUT2D eigenvalue weighted by Crippen LogP contribution is 2.44. The summed E-state index contributed by atoms with van der Waals surface area (Å²) in [5.74, 6) is 0.937. The summed E-state index contributed by atoms with van der Waals surface area (Å²) in [7, 11) is 0. The Bertz CT molecular complexity index is 1150. The average molecular weight is 450 g/mol. The maximum Gasteiger partial charge on any atom is 0.259 e. The predicted molar refractivity (Wildman–Crippen MR) is 130 cm³/mol. The second-order valence-electron chi connectivity index (χ2n) is 9.69. The van der Waals surface area contributed by atoms with Gasteiger partial charge < -0.3 is 15.0 Å². The first kappa shape index (κ1) is 22.2. The molecule has 6 heteroatoms. The Balaban J connectivity index is 1.69. The van der Waals surface area contributed by atoms with Crippen molar-refractivity contribution in [1.29, 1.82) is 0 Å². The number of benzene rings is 2. The number of hydrogen-bond acceptors (Lipinski definition) is 4. The number of nitrogens with one attached hydrogen (secondary N) is 1. The molecule has 5 nitrogen and oxygen atoms in total. The van der Waals surface area contributed by atoms with Crippen LogP contribution in [0.4, 0.5) is 17.2 Å². The molecule has 1 N–H and O–H groups in total. The van der Waals surface area contributed by atoms with Gasteiger partial charge in [0.15, 0.2) is 11.6 Å². The van der Waals surface area contributed by atoms with E-state index in [4.69, 9.17) is 16.3 Å². The first-order valence-electron chi connectivity index (χ1n) is 10.7. The van der Waals surface area contributed by atoms with Gasteiger partial charge in [0.1, 0.15) is 5.60 Å². The molecular formula is C26H28ClN3O2. The summed E-state index contributed by atoms with van der Waals surface area (Å²) in [5.41, 5.74) is 2.68. The van der Waals surface area contributed by atoms with Crippen LogP contribution in [0.25, 0.3) is 0 Å². The molecule has 0 unspecified atom stereocenters. The van der Waals surface area contributed by atoms with Crippen molar-refractivity contribution in [3.05, 3.63) is 76.9 Å². The summed E-state index contributed by atoms with van der Waals surface area (Å²) in [5, 5.41) is 3.55. The molecule has 3 aromatic rings. The fourth-order valence-corrected chi connectivity index (χ4v) is 4.04. The molecule has 0 saturated carbocycles. The minimum absolute atomic E-state index is 0.0523. The molecule has 0 aliphatic carbocycles. The van der Waals surface area contributed by atoms with E-state index in [0.29, 0.717) is 28.7 Å². The molecule has 0 radical (unpaired) electrons. The third kappa shape index (κ3) is 4.44. The van der Waals surface area contributed by atoms with Gasteiger partial charge in [0.05, 0.1) is 22.8 Å². The molecule has 0 atom stereocenters. The van der Waals surface area contributed by atoms with Crippen LogP contribution in [0.5, 0.6) is 5.75 Å². The fourth-order valence-electron chi connectivity index (χ4n) is 3.81.